The van der Waals surface area contributed by atoms with Crippen molar-refractivity contribution >= 4 is 17.3 Å². The van der Waals surface area contributed by atoms with Crippen LogP contribution < -0.4 is 5.32 Å². The van der Waals surface area contributed by atoms with Crippen LogP contribution in [0.2, 0.25) is 5.02 Å². The lowest BCUT2D eigenvalue weighted by Gasteiger charge is -2.15. The molecule has 0 spiro atoms. The van der Waals surface area contributed by atoms with Crippen LogP contribution in [0.3, 0.4) is 0 Å². The Balaban J connectivity index is 2.41. The fourth-order valence-electron chi connectivity index (χ4n) is 2.16. The van der Waals surface area contributed by atoms with Gasteiger partial charge in [0.2, 0.25) is 0 Å². The van der Waals surface area contributed by atoms with Gasteiger partial charge < -0.3 is 9.88 Å². The minimum Gasteiger partial charge on any atom is -0.345 e. The van der Waals surface area contributed by atoms with E-state index in [2.05, 4.69) is 5.32 Å². The number of nitro benzene ring substituents is 1. The number of hydrogen-bond donors (Lipinski definition) is 1. The average Bonchev–Trinajstić information content (AvgIpc) is 2.88. The zero-order chi connectivity index (χ0) is 14.7. The van der Waals surface area contributed by atoms with Crippen LogP contribution >= 0.6 is 11.6 Å². The Morgan fingerprint density at radius 1 is 1.40 bits per heavy atom. The summed E-state index contributed by atoms with van der Waals surface area (Å²) >= 11 is 6.12. The molecule has 0 aliphatic carbocycles. The van der Waals surface area contributed by atoms with Crippen molar-refractivity contribution in [2.75, 3.05) is 7.05 Å². The van der Waals surface area contributed by atoms with Crippen LogP contribution in [0.25, 0.3) is 0 Å². The SMILES string of the molecule is CNC(C)c1cccn1Cc1c(Cl)cccc1[N+](=O)[O-]. The third-order valence-corrected chi connectivity index (χ3v) is 3.71. The van der Waals surface area contributed by atoms with Gasteiger partial charge in [-0.2, -0.15) is 0 Å². The highest BCUT2D eigenvalue weighted by molar-refractivity contribution is 6.31. The van der Waals surface area contributed by atoms with Gasteiger partial charge in [0.1, 0.15) is 0 Å². The van der Waals surface area contributed by atoms with Crippen LogP contribution in [0, 0.1) is 10.1 Å². The Kier molecular flexibility index (Phi) is 4.42. The lowest BCUT2D eigenvalue weighted by atomic mass is 10.1. The van der Waals surface area contributed by atoms with Gasteiger partial charge in [0.05, 0.1) is 22.1 Å². The topological polar surface area (TPSA) is 60.1 Å². The highest BCUT2D eigenvalue weighted by Crippen LogP contribution is 2.28. The molecule has 0 saturated heterocycles. The zero-order valence-electron chi connectivity index (χ0n) is 11.3. The minimum atomic E-state index is -0.397. The van der Waals surface area contributed by atoms with Crippen LogP contribution in [0.4, 0.5) is 5.69 Å². The Hall–Kier alpha value is -1.85. The quantitative estimate of drug-likeness (QED) is 0.679. The Bertz CT molecular complexity index is 625. The summed E-state index contributed by atoms with van der Waals surface area (Å²) in [7, 11) is 1.87. The molecule has 5 nitrogen and oxygen atoms in total. The van der Waals surface area contributed by atoms with Crippen molar-refractivity contribution < 1.29 is 4.92 Å². The van der Waals surface area contributed by atoms with Gasteiger partial charge in [-0.15, -0.1) is 0 Å². The molecule has 6 heteroatoms. The molecule has 0 amide bonds. The standard InChI is InChI=1S/C14H16ClN3O2/c1-10(16-2)13-7-4-8-17(13)9-11-12(15)5-3-6-14(11)18(19)20/h3-8,10,16H,9H2,1-2H3. The first kappa shape index (κ1) is 14.6. The van der Waals surface area contributed by atoms with Crippen molar-refractivity contribution in [2.24, 2.45) is 0 Å². The monoisotopic (exact) mass is 293 g/mol. The van der Waals surface area contributed by atoms with E-state index in [-0.39, 0.29) is 11.7 Å². The molecule has 106 valence electrons. The second-order valence-corrected chi connectivity index (χ2v) is 4.97. The van der Waals surface area contributed by atoms with Crippen molar-refractivity contribution in [3.63, 3.8) is 0 Å². The van der Waals surface area contributed by atoms with Gasteiger partial charge in [0.25, 0.3) is 5.69 Å². The Morgan fingerprint density at radius 2 is 2.15 bits per heavy atom. The highest BCUT2D eigenvalue weighted by atomic mass is 35.5. The molecule has 1 N–H and O–H groups in total. The summed E-state index contributed by atoms with van der Waals surface area (Å²) in [6.07, 6.45) is 1.90. The molecular weight excluding hydrogens is 278 g/mol. The van der Waals surface area contributed by atoms with E-state index >= 15 is 0 Å². The molecule has 2 rings (SSSR count). The first-order chi connectivity index (χ1) is 9.54. The van der Waals surface area contributed by atoms with Gasteiger partial charge in [0.15, 0.2) is 0 Å². The fraction of sp³-hybridized carbons (Fsp3) is 0.286. The third kappa shape index (κ3) is 2.84. The Morgan fingerprint density at radius 3 is 2.80 bits per heavy atom. The lowest BCUT2D eigenvalue weighted by molar-refractivity contribution is -0.385. The fourth-order valence-corrected chi connectivity index (χ4v) is 2.39. The maximum Gasteiger partial charge on any atom is 0.275 e. The molecule has 0 radical (unpaired) electrons. The van der Waals surface area contributed by atoms with Crippen LogP contribution in [0.1, 0.15) is 24.2 Å². The lowest BCUT2D eigenvalue weighted by Crippen LogP contribution is -2.17. The van der Waals surface area contributed by atoms with Crippen LogP contribution in [0.5, 0.6) is 0 Å². The van der Waals surface area contributed by atoms with Crippen molar-refractivity contribution in [3.8, 4) is 0 Å². The maximum absolute atomic E-state index is 11.1. The molecule has 1 unspecified atom stereocenters. The van der Waals surface area contributed by atoms with E-state index in [1.165, 1.54) is 6.07 Å². The maximum atomic E-state index is 11.1. The summed E-state index contributed by atoms with van der Waals surface area (Å²) in [6.45, 7) is 2.41. The number of halogens is 1. The predicted molar refractivity (Wildman–Crippen MR) is 79.1 cm³/mol. The van der Waals surface area contributed by atoms with E-state index < -0.39 is 4.92 Å². The first-order valence-corrected chi connectivity index (χ1v) is 6.66. The number of nitro groups is 1. The van der Waals surface area contributed by atoms with Gasteiger partial charge in [-0.05, 0) is 32.2 Å². The predicted octanol–water partition coefficient (Wildman–Crippen LogP) is 3.38. The molecule has 0 fully saturated rings. The largest absolute Gasteiger partial charge is 0.345 e. The molecule has 1 atom stereocenters. The number of nitrogens with zero attached hydrogens (tertiary/aromatic N) is 2. The summed E-state index contributed by atoms with van der Waals surface area (Å²) < 4.78 is 1.97. The van der Waals surface area contributed by atoms with Crippen LogP contribution in [-0.2, 0) is 6.54 Å². The molecule has 2 aromatic rings. The zero-order valence-corrected chi connectivity index (χ0v) is 12.1. The van der Waals surface area contributed by atoms with E-state index in [0.29, 0.717) is 17.1 Å². The van der Waals surface area contributed by atoms with Crippen LogP contribution in [-0.4, -0.2) is 16.5 Å². The first-order valence-electron chi connectivity index (χ1n) is 6.28. The number of nitrogens with one attached hydrogen (secondary N) is 1. The van der Waals surface area contributed by atoms with Crippen molar-refractivity contribution in [2.45, 2.75) is 19.5 Å². The molecule has 20 heavy (non-hydrogen) atoms. The number of aromatic nitrogens is 1. The molecular formula is C14H16ClN3O2. The molecule has 0 saturated carbocycles. The van der Waals surface area contributed by atoms with Gasteiger partial charge in [-0.1, -0.05) is 17.7 Å². The molecule has 0 bridgehead atoms. The second-order valence-electron chi connectivity index (χ2n) is 4.57. The van der Waals surface area contributed by atoms with E-state index in [9.17, 15) is 10.1 Å². The van der Waals surface area contributed by atoms with Gasteiger partial charge in [-0.3, -0.25) is 10.1 Å². The minimum absolute atomic E-state index is 0.0502. The molecule has 1 heterocycles. The van der Waals surface area contributed by atoms with Crippen molar-refractivity contribution in [1.82, 2.24) is 9.88 Å². The summed E-state index contributed by atoms with van der Waals surface area (Å²) in [5.74, 6) is 0. The number of rotatable bonds is 5. The molecule has 1 aromatic carbocycles. The molecule has 0 aliphatic rings. The van der Waals surface area contributed by atoms with E-state index in [0.717, 1.165) is 5.69 Å². The summed E-state index contributed by atoms with van der Waals surface area (Å²) in [5.41, 5.74) is 1.64. The number of benzene rings is 1. The van der Waals surface area contributed by atoms with Crippen molar-refractivity contribution in [1.29, 1.82) is 0 Å². The summed E-state index contributed by atoms with van der Waals surface area (Å²) in [5, 5.41) is 14.7. The summed E-state index contributed by atoms with van der Waals surface area (Å²) in [6, 6.07) is 8.82. The molecule has 1 aromatic heterocycles. The molecule has 0 aliphatic heterocycles. The highest BCUT2D eigenvalue weighted by Gasteiger charge is 2.18. The van der Waals surface area contributed by atoms with E-state index in [1.807, 2.05) is 36.9 Å². The second kappa shape index (κ2) is 6.07. The normalized spacial score (nSPS) is 12.3. The van der Waals surface area contributed by atoms with E-state index in [4.69, 9.17) is 11.6 Å². The third-order valence-electron chi connectivity index (χ3n) is 3.36. The summed E-state index contributed by atoms with van der Waals surface area (Å²) in [4.78, 5) is 10.7. The smallest absolute Gasteiger partial charge is 0.275 e. The van der Waals surface area contributed by atoms with Gasteiger partial charge >= 0.3 is 0 Å². The number of hydrogen-bond acceptors (Lipinski definition) is 3. The van der Waals surface area contributed by atoms with E-state index in [1.54, 1.807) is 12.1 Å². The average molecular weight is 294 g/mol. The Labute approximate surface area is 122 Å². The van der Waals surface area contributed by atoms with Gasteiger partial charge in [0, 0.05) is 24.0 Å². The van der Waals surface area contributed by atoms with Crippen LogP contribution in [0.15, 0.2) is 36.5 Å². The van der Waals surface area contributed by atoms with Crippen molar-refractivity contribution in [3.05, 3.63) is 62.9 Å². The van der Waals surface area contributed by atoms with Gasteiger partial charge in [-0.25, -0.2) is 0 Å².